The van der Waals surface area contributed by atoms with E-state index >= 15 is 0 Å². The second-order valence-electron chi connectivity index (χ2n) is 5.09. The average Bonchev–Trinajstić information content (AvgIpc) is 2.96. The van der Waals surface area contributed by atoms with Gasteiger partial charge in [0.2, 0.25) is 0 Å². The topological polar surface area (TPSA) is 118 Å². The zero-order valence-corrected chi connectivity index (χ0v) is 14.9. The van der Waals surface area contributed by atoms with Gasteiger partial charge in [0.15, 0.2) is 14.8 Å². The van der Waals surface area contributed by atoms with Crippen molar-refractivity contribution in [3.8, 4) is 0 Å². The van der Waals surface area contributed by atoms with E-state index in [9.17, 15) is 32.1 Å². The van der Waals surface area contributed by atoms with Gasteiger partial charge in [-0.2, -0.15) is 0 Å². The van der Waals surface area contributed by atoms with E-state index in [4.69, 9.17) is 0 Å². The van der Waals surface area contributed by atoms with Crippen LogP contribution in [0.5, 0.6) is 0 Å². The Balaban J connectivity index is 2.01. The van der Waals surface area contributed by atoms with Gasteiger partial charge in [0, 0.05) is 25.4 Å². The van der Waals surface area contributed by atoms with Gasteiger partial charge in [-0.15, -0.1) is 0 Å². The van der Waals surface area contributed by atoms with E-state index in [2.05, 4.69) is 10.6 Å². The summed E-state index contributed by atoms with van der Waals surface area (Å²) in [6.45, 7) is -0.123. The number of sulfone groups is 1. The number of benzene rings is 1. The first-order chi connectivity index (χ1) is 12.1. The number of amides is 1. The summed E-state index contributed by atoms with van der Waals surface area (Å²) in [5.74, 6) is -3.00. The number of hydrogen-bond acceptors (Lipinski definition) is 7. The molecule has 1 aromatic carbocycles. The number of nitrogens with one attached hydrogen (secondary N) is 2. The van der Waals surface area contributed by atoms with Crippen LogP contribution in [-0.2, 0) is 9.84 Å². The number of hydrogen-bond donors (Lipinski definition) is 2. The highest BCUT2D eigenvalue weighted by atomic mass is 32.2. The monoisotopic (exact) mass is 405 g/mol. The zero-order valence-electron chi connectivity index (χ0n) is 13.3. The highest BCUT2D eigenvalue weighted by molar-refractivity contribution is 7.92. The summed E-state index contributed by atoms with van der Waals surface area (Å²) >= 11 is 0.681. The maximum Gasteiger partial charge on any atom is 0.304 e. The lowest BCUT2D eigenvalue weighted by Gasteiger charge is -2.08. The van der Waals surface area contributed by atoms with Crippen molar-refractivity contribution in [1.82, 2.24) is 5.32 Å². The summed E-state index contributed by atoms with van der Waals surface area (Å²) in [7, 11) is -3.61. The number of carbonyl (C=O) groups is 1. The van der Waals surface area contributed by atoms with E-state index < -0.39 is 43.6 Å². The first-order valence-electron chi connectivity index (χ1n) is 7.05. The number of rotatable bonds is 7. The predicted molar refractivity (Wildman–Crippen MR) is 91.3 cm³/mol. The van der Waals surface area contributed by atoms with Gasteiger partial charge in [-0.05, 0) is 12.1 Å². The Hall–Kier alpha value is -2.60. The second kappa shape index (κ2) is 7.74. The summed E-state index contributed by atoms with van der Waals surface area (Å²) in [6.07, 6.45) is 0.926. The van der Waals surface area contributed by atoms with Gasteiger partial charge in [0.1, 0.15) is 21.4 Å². The van der Waals surface area contributed by atoms with Crippen LogP contribution >= 0.6 is 11.3 Å². The van der Waals surface area contributed by atoms with Crippen molar-refractivity contribution in [2.75, 3.05) is 24.7 Å². The van der Waals surface area contributed by atoms with E-state index in [-0.39, 0.29) is 22.3 Å². The number of nitrogens with zero attached hydrogens (tertiary/aromatic N) is 1. The van der Waals surface area contributed by atoms with Crippen LogP contribution < -0.4 is 10.6 Å². The van der Waals surface area contributed by atoms with E-state index in [0.717, 1.165) is 30.5 Å². The molecule has 8 nitrogen and oxygen atoms in total. The second-order valence-corrected chi connectivity index (χ2v) is 8.38. The minimum atomic E-state index is -3.61. The summed E-state index contributed by atoms with van der Waals surface area (Å²) in [4.78, 5) is 22.1. The molecule has 0 saturated carbocycles. The first-order valence-corrected chi connectivity index (χ1v) is 9.76. The van der Waals surface area contributed by atoms with Gasteiger partial charge in [0.05, 0.1) is 4.92 Å². The van der Waals surface area contributed by atoms with Crippen molar-refractivity contribution >= 4 is 37.8 Å². The molecule has 0 radical (unpaired) electrons. The van der Waals surface area contributed by atoms with Crippen molar-refractivity contribution in [2.45, 2.75) is 4.21 Å². The molecule has 0 aliphatic carbocycles. The third-order valence-electron chi connectivity index (χ3n) is 3.14. The Morgan fingerprint density at radius 1 is 1.27 bits per heavy atom. The van der Waals surface area contributed by atoms with E-state index in [0.29, 0.717) is 11.3 Å². The summed E-state index contributed by atoms with van der Waals surface area (Å²) in [5.41, 5.74) is -1.14. The highest BCUT2D eigenvalue weighted by Gasteiger charge is 2.23. The van der Waals surface area contributed by atoms with Crippen molar-refractivity contribution in [1.29, 1.82) is 0 Å². The predicted octanol–water partition coefficient (Wildman–Crippen LogP) is 2.18. The molecule has 0 aliphatic rings. The van der Waals surface area contributed by atoms with Gasteiger partial charge in [-0.1, -0.05) is 17.4 Å². The number of halogens is 2. The van der Waals surface area contributed by atoms with Crippen LogP contribution in [0.25, 0.3) is 0 Å². The molecule has 0 atom stereocenters. The molecule has 2 aromatic rings. The van der Waals surface area contributed by atoms with Crippen LogP contribution in [0.4, 0.5) is 19.5 Å². The first kappa shape index (κ1) is 19.7. The van der Waals surface area contributed by atoms with Crippen LogP contribution in [0.2, 0.25) is 0 Å². The molecule has 0 saturated heterocycles. The fraction of sp³-hybridized carbons (Fsp3) is 0.214. The zero-order chi connectivity index (χ0) is 19.5. The Kier molecular flexibility index (Phi) is 5.87. The summed E-state index contributed by atoms with van der Waals surface area (Å²) in [6, 6.07) is 3.95. The molecule has 1 amide bonds. The molecular formula is C14H13F2N3O5S2. The molecule has 0 bridgehead atoms. The fourth-order valence-electron chi connectivity index (χ4n) is 1.96. The molecule has 12 heteroatoms. The minimum Gasteiger partial charge on any atom is -0.369 e. The lowest BCUT2D eigenvalue weighted by molar-refractivity contribution is -0.383. The summed E-state index contributed by atoms with van der Waals surface area (Å²) < 4.78 is 49.8. The van der Waals surface area contributed by atoms with Crippen molar-refractivity contribution in [2.24, 2.45) is 0 Å². The molecular weight excluding hydrogens is 392 g/mol. The molecule has 1 aromatic heterocycles. The van der Waals surface area contributed by atoms with E-state index in [1.165, 1.54) is 0 Å². The Bertz CT molecular complexity index is 939. The number of carbonyl (C=O) groups excluding carboxylic acids is 1. The number of thiophene rings is 1. The minimum absolute atomic E-state index is 0.00162. The summed E-state index contributed by atoms with van der Waals surface area (Å²) in [5, 5.41) is 15.9. The van der Waals surface area contributed by atoms with Crippen LogP contribution in [0, 0.1) is 21.7 Å². The fourth-order valence-corrected chi connectivity index (χ4v) is 3.92. The van der Waals surface area contributed by atoms with Crippen LogP contribution in [-0.4, -0.2) is 38.6 Å². The quantitative estimate of drug-likeness (QED) is 0.414. The van der Waals surface area contributed by atoms with Gasteiger partial charge in [0.25, 0.3) is 5.91 Å². The largest absolute Gasteiger partial charge is 0.369 e. The van der Waals surface area contributed by atoms with Gasteiger partial charge < -0.3 is 10.6 Å². The Labute approximate surface area is 150 Å². The smallest absolute Gasteiger partial charge is 0.304 e. The third kappa shape index (κ3) is 4.52. The molecule has 140 valence electrons. The lowest BCUT2D eigenvalue weighted by Crippen LogP contribution is -2.30. The average molecular weight is 405 g/mol. The van der Waals surface area contributed by atoms with Gasteiger partial charge >= 0.3 is 5.69 Å². The lowest BCUT2D eigenvalue weighted by atomic mass is 10.2. The maximum absolute atomic E-state index is 13.5. The third-order valence-corrected chi connectivity index (χ3v) is 6.02. The van der Waals surface area contributed by atoms with E-state index in [1.54, 1.807) is 0 Å². The SMILES string of the molecule is CS(=O)(=O)c1cc([N+](=O)[O-])c(NCCNC(=O)c2c(F)cccc2F)s1. The van der Waals surface area contributed by atoms with Crippen LogP contribution in [0.15, 0.2) is 28.5 Å². The van der Waals surface area contributed by atoms with Gasteiger partial charge in [-0.25, -0.2) is 17.2 Å². The maximum atomic E-state index is 13.5. The van der Waals surface area contributed by atoms with Gasteiger partial charge in [-0.3, -0.25) is 14.9 Å². The Morgan fingerprint density at radius 2 is 1.88 bits per heavy atom. The molecule has 26 heavy (non-hydrogen) atoms. The van der Waals surface area contributed by atoms with Crippen LogP contribution in [0.3, 0.4) is 0 Å². The Morgan fingerprint density at radius 3 is 2.42 bits per heavy atom. The molecule has 2 rings (SSSR count). The standard InChI is InChI=1S/C14H13F2N3O5S2/c1-26(23,24)11-7-10(19(21)22)14(25-11)18-6-5-17-13(20)12-8(15)3-2-4-9(12)16/h2-4,7,18H,5-6H2,1H3,(H,17,20). The van der Waals surface area contributed by atoms with Crippen molar-refractivity contribution in [3.63, 3.8) is 0 Å². The van der Waals surface area contributed by atoms with Crippen molar-refractivity contribution < 1.29 is 26.9 Å². The number of anilines is 1. The molecule has 0 aliphatic heterocycles. The van der Waals surface area contributed by atoms with Crippen molar-refractivity contribution in [3.05, 3.63) is 51.6 Å². The molecule has 0 spiro atoms. The normalized spacial score (nSPS) is 11.2. The van der Waals surface area contributed by atoms with E-state index in [1.807, 2.05) is 0 Å². The van der Waals surface area contributed by atoms with Crippen LogP contribution in [0.1, 0.15) is 10.4 Å². The number of nitro groups is 1. The highest BCUT2D eigenvalue weighted by Crippen LogP contribution is 2.36. The molecule has 1 heterocycles. The molecule has 0 fully saturated rings. The molecule has 2 N–H and O–H groups in total. The molecule has 0 unspecified atom stereocenters.